The summed E-state index contributed by atoms with van der Waals surface area (Å²) in [6.45, 7) is 1.98. The maximum atomic E-state index is 5.71. The van der Waals surface area contributed by atoms with E-state index in [1.54, 1.807) is 6.20 Å². The van der Waals surface area contributed by atoms with Crippen LogP contribution in [0.4, 0.5) is 11.6 Å². The van der Waals surface area contributed by atoms with E-state index in [1.807, 2.05) is 19.1 Å². The van der Waals surface area contributed by atoms with Gasteiger partial charge in [0.2, 0.25) is 0 Å². The van der Waals surface area contributed by atoms with E-state index in [9.17, 15) is 0 Å². The number of aromatic nitrogens is 3. The Hall–Kier alpha value is -2.17. The molecule has 0 saturated heterocycles. The predicted molar refractivity (Wildman–Crippen MR) is 58.8 cm³/mol. The molecule has 0 atom stereocenters. The van der Waals surface area contributed by atoms with Crippen LogP contribution in [0.2, 0.25) is 0 Å². The number of aryl methyl sites for hydroxylation is 1. The first-order valence-electron chi connectivity index (χ1n) is 4.48. The SMILES string of the molecule is Cc1ccnc(-c2ncc(N)nc2N)c1. The highest BCUT2D eigenvalue weighted by Crippen LogP contribution is 2.20. The van der Waals surface area contributed by atoms with Crippen LogP contribution in [-0.2, 0) is 0 Å². The van der Waals surface area contributed by atoms with Gasteiger partial charge in [-0.25, -0.2) is 9.97 Å². The molecule has 0 saturated carbocycles. The summed E-state index contributed by atoms with van der Waals surface area (Å²) in [6.07, 6.45) is 3.18. The largest absolute Gasteiger partial charge is 0.382 e. The fourth-order valence-corrected chi connectivity index (χ4v) is 1.28. The van der Waals surface area contributed by atoms with Crippen molar-refractivity contribution in [1.29, 1.82) is 0 Å². The Bertz CT molecular complexity index is 495. The summed E-state index contributed by atoms with van der Waals surface area (Å²) in [5, 5.41) is 0. The molecule has 4 N–H and O–H groups in total. The van der Waals surface area contributed by atoms with Crippen molar-refractivity contribution in [2.75, 3.05) is 11.5 Å². The minimum absolute atomic E-state index is 0.299. The number of nitrogens with zero attached hydrogens (tertiary/aromatic N) is 3. The average Bonchev–Trinajstić information content (AvgIpc) is 2.17. The van der Waals surface area contributed by atoms with Crippen molar-refractivity contribution in [1.82, 2.24) is 15.0 Å². The van der Waals surface area contributed by atoms with Gasteiger partial charge in [-0.15, -0.1) is 0 Å². The van der Waals surface area contributed by atoms with Gasteiger partial charge in [0.1, 0.15) is 11.5 Å². The molecule has 0 unspecified atom stereocenters. The van der Waals surface area contributed by atoms with Crippen LogP contribution in [0, 0.1) is 6.92 Å². The summed E-state index contributed by atoms with van der Waals surface area (Å²) < 4.78 is 0. The minimum atomic E-state index is 0.299. The van der Waals surface area contributed by atoms with Gasteiger partial charge in [-0.3, -0.25) is 4.98 Å². The number of hydrogen-bond donors (Lipinski definition) is 2. The first kappa shape index (κ1) is 9.39. The topological polar surface area (TPSA) is 90.7 Å². The van der Waals surface area contributed by atoms with Crippen molar-refractivity contribution in [2.45, 2.75) is 6.92 Å². The van der Waals surface area contributed by atoms with E-state index in [4.69, 9.17) is 11.5 Å². The van der Waals surface area contributed by atoms with E-state index in [0.29, 0.717) is 23.0 Å². The van der Waals surface area contributed by atoms with Crippen LogP contribution in [-0.4, -0.2) is 15.0 Å². The second-order valence-corrected chi connectivity index (χ2v) is 3.25. The Labute approximate surface area is 87.2 Å². The standard InChI is InChI=1S/C10H11N5/c1-6-2-3-13-7(4-6)9-10(12)15-8(11)5-14-9/h2-5H,1H3,(H4,11,12,15). The highest BCUT2D eigenvalue weighted by Gasteiger charge is 2.07. The molecular formula is C10H11N5. The summed E-state index contributed by atoms with van der Waals surface area (Å²) in [5.74, 6) is 0.608. The maximum Gasteiger partial charge on any atom is 0.154 e. The van der Waals surface area contributed by atoms with Crippen LogP contribution in [0.5, 0.6) is 0 Å². The normalized spacial score (nSPS) is 10.2. The van der Waals surface area contributed by atoms with Gasteiger partial charge in [0.15, 0.2) is 5.82 Å². The smallest absolute Gasteiger partial charge is 0.154 e. The number of pyridine rings is 1. The molecule has 0 bridgehead atoms. The molecule has 0 aliphatic carbocycles. The lowest BCUT2D eigenvalue weighted by molar-refractivity contribution is 1.18. The molecule has 0 aromatic carbocycles. The summed E-state index contributed by atoms with van der Waals surface area (Å²) in [7, 11) is 0. The molecule has 0 amide bonds. The quantitative estimate of drug-likeness (QED) is 0.718. The molecule has 0 spiro atoms. The zero-order valence-electron chi connectivity index (χ0n) is 8.31. The van der Waals surface area contributed by atoms with Crippen molar-refractivity contribution in [3.63, 3.8) is 0 Å². The summed E-state index contributed by atoms with van der Waals surface area (Å²) >= 11 is 0. The lowest BCUT2D eigenvalue weighted by Crippen LogP contribution is -2.01. The highest BCUT2D eigenvalue weighted by atomic mass is 15.0. The second-order valence-electron chi connectivity index (χ2n) is 3.25. The van der Waals surface area contributed by atoms with Gasteiger partial charge >= 0.3 is 0 Å². The number of hydrogen-bond acceptors (Lipinski definition) is 5. The van der Waals surface area contributed by atoms with E-state index in [2.05, 4.69) is 15.0 Å². The highest BCUT2D eigenvalue weighted by molar-refractivity contribution is 5.67. The van der Waals surface area contributed by atoms with Gasteiger partial charge < -0.3 is 11.5 Å². The zero-order valence-corrected chi connectivity index (χ0v) is 8.31. The van der Waals surface area contributed by atoms with Crippen LogP contribution >= 0.6 is 0 Å². The van der Waals surface area contributed by atoms with Crippen molar-refractivity contribution in [3.05, 3.63) is 30.1 Å². The van der Waals surface area contributed by atoms with Gasteiger partial charge in [0.25, 0.3) is 0 Å². The number of nitrogens with two attached hydrogens (primary N) is 2. The van der Waals surface area contributed by atoms with E-state index in [1.165, 1.54) is 6.20 Å². The Kier molecular flexibility index (Phi) is 2.21. The molecule has 2 aromatic heterocycles. The zero-order chi connectivity index (χ0) is 10.8. The third kappa shape index (κ3) is 1.85. The Balaban J connectivity index is 2.54. The van der Waals surface area contributed by atoms with E-state index in [-0.39, 0.29) is 0 Å². The summed E-state index contributed by atoms with van der Waals surface area (Å²) in [6, 6.07) is 3.81. The van der Waals surface area contributed by atoms with E-state index < -0.39 is 0 Å². The lowest BCUT2D eigenvalue weighted by Gasteiger charge is -2.04. The fourth-order valence-electron chi connectivity index (χ4n) is 1.28. The van der Waals surface area contributed by atoms with Crippen LogP contribution in [0.15, 0.2) is 24.5 Å². The van der Waals surface area contributed by atoms with Gasteiger partial charge in [-0.1, -0.05) is 0 Å². The molecule has 0 aliphatic rings. The molecule has 2 rings (SSSR count). The number of rotatable bonds is 1. The van der Waals surface area contributed by atoms with Gasteiger partial charge in [0.05, 0.1) is 11.9 Å². The molecule has 0 radical (unpaired) electrons. The molecule has 0 aliphatic heterocycles. The van der Waals surface area contributed by atoms with Crippen molar-refractivity contribution >= 4 is 11.6 Å². The first-order chi connectivity index (χ1) is 7.16. The molecular weight excluding hydrogens is 190 g/mol. The Morgan fingerprint density at radius 3 is 2.67 bits per heavy atom. The van der Waals surface area contributed by atoms with Crippen molar-refractivity contribution in [3.8, 4) is 11.4 Å². The number of nitrogen functional groups attached to an aromatic ring is 2. The average molecular weight is 201 g/mol. The van der Waals surface area contributed by atoms with Gasteiger partial charge in [-0.05, 0) is 24.6 Å². The molecule has 15 heavy (non-hydrogen) atoms. The maximum absolute atomic E-state index is 5.71. The third-order valence-electron chi connectivity index (χ3n) is 1.98. The lowest BCUT2D eigenvalue weighted by atomic mass is 10.2. The minimum Gasteiger partial charge on any atom is -0.382 e. The molecule has 0 fully saturated rings. The van der Waals surface area contributed by atoms with Crippen LogP contribution in [0.1, 0.15) is 5.56 Å². The van der Waals surface area contributed by atoms with E-state index in [0.717, 1.165) is 5.56 Å². The van der Waals surface area contributed by atoms with Crippen LogP contribution in [0.3, 0.4) is 0 Å². The number of anilines is 2. The summed E-state index contributed by atoms with van der Waals surface area (Å²) in [4.78, 5) is 12.2. The monoisotopic (exact) mass is 201 g/mol. The third-order valence-corrected chi connectivity index (χ3v) is 1.98. The molecule has 2 heterocycles. The Morgan fingerprint density at radius 2 is 2.00 bits per heavy atom. The van der Waals surface area contributed by atoms with Crippen LogP contribution < -0.4 is 11.5 Å². The predicted octanol–water partition coefficient (Wildman–Crippen LogP) is 1.01. The fraction of sp³-hybridized carbons (Fsp3) is 0.100. The summed E-state index contributed by atoms with van der Waals surface area (Å²) in [5.41, 5.74) is 13.5. The molecule has 5 nitrogen and oxygen atoms in total. The molecule has 5 heteroatoms. The molecule has 2 aromatic rings. The van der Waals surface area contributed by atoms with Gasteiger partial charge in [0, 0.05) is 6.20 Å². The Morgan fingerprint density at radius 1 is 1.20 bits per heavy atom. The first-order valence-corrected chi connectivity index (χ1v) is 4.48. The van der Waals surface area contributed by atoms with Gasteiger partial charge in [-0.2, -0.15) is 0 Å². The van der Waals surface area contributed by atoms with E-state index >= 15 is 0 Å². The van der Waals surface area contributed by atoms with Crippen molar-refractivity contribution < 1.29 is 0 Å². The van der Waals surface area contributed by atoms with Crippen molar-refractivity contribution in [2.24, 2.45) is 0 Å². The van der Waals surface area contributed by atoms with Crippen LogP contribution in [0.25, 0.3) is 11.4 Å². The second kappa shape index (κ2) is 3.53. The molecule has 76 valence electrons.